The maximum absolute atomic E-state index is 9.02. The number of aromatic nitrogens is 2. The number of aryl methyl sites for hydroxylation is 1. The molecule has 0 saturated carbocycles. The highest BCUT2D eigenvalue weighted by Gasteiger charge is 2.24. The average Bonchev–Trinajstić information content (AvgIpc) is 2.86. The van der Waals surface area contributed by atoms with Crippen LogP contribution in [0.15, 0.2) is 0 Å². The quantitative estimate of drug-likeness (QED) is 0.811. The molecule has 0 amide bonds. The molecule has 0 aromatic carbocycles. The zero-order valence-electron chi connectivity index (χ0n) is 8.31. The van der Waals surface area contributed by atoms with Crippen LogP contribution < -0.4 is 4.90 Å². The van der Waals surface area contributed by atoms with Gasteiger partial charge in [0, 0.05) is 43.6 Å². The summed E-state index contributed by atoms with van der Waals surface area (Å²) in [5.41, 5.74) is 0. The Balaban J connectivity index is 2.02. The molecule has 1 fully saturated rings. The van der Waals surface area contributed by atoms with Crippen LogP contribution >= 0.6 is 11.5 Å². The van der Waals surface area contributed by atoms with E-state index in [1.54, 1.807) is 0 Å². The third kappa shape index (κ3) is 1.88. The molecule has 1 aromatic heterocycles. The first-order valence-electron chi connectivity index (χ1n) is 5.02. The van der Waals surface area contributed by atoms with Gasteiger partial charge in [-0.25, -0.2) is 4.98 Å². The van der Waals surface area contributed by atoms with Crippen molar-refractivity contribution in [3.05, 3.63) is 5.82 Å². The Kier molecular flexibility index (Phi) is 2.98. The van der Waals surface area contributed by atoms with E-state index in [-0.39, 0.29) is 6.61 Å². The number of nitrogens with zero attached hydrogens (tertiary/aromatic N) is 3. The molecule has 1 aliphatic rings. The standard InChI is InChI=1S/C9H15N3OS/c1-2-8-10-9(14-11-8)12-4-3-7(5-12)6-13/h7,13H,2-6H2,1H3. The Morgan fingerprint density at radius 1 is 1.64 bits per heavy atom. The van der Waals surface area contributed by atoms with Crippen molar-refractivity contribution in [2.75, 3.05) is 24.6 Å². The summed E-state index contributed by atoms with van der Waals surface area (Å²) in [6.45, 7) is 4.28. The highest BCUT2D eigenvalue weighted by atomic mass is 32.1. The van der Waals surface area contributed by atoms with Gasteiger partial charge in [0.1, 0.15) is 5.82 Å². The Labute approximate surface area is 87.8 Å². The molecule has 1 atom stereocenters. The lowest BCUT2D eigenvalue weighted by Crippen LogP contribution is -2.20. The predicted octanol–water partition coefficient (Wildman–Crippen LogP) is 0.919. The Bertz CT molecular complexity index is 302. The molecule has 1 N–H and O–H groups in total. The zero-order chi connectivity index (χ0) is 9.97. The van der Waals surface area contributed by atoms with Gasteiger partial charge in [-0.2, -0.15) is 4.37 Å². The van der Waals surface area contributed by atoms with Crippen LogP contribution in [0.1, 0.15) is 19.2 Å². The lowest BCUT2D eigenvalue weighted by molar-refractivity contribution is 0.238. The van der Waals surface area contributed by atoms with E-state index in [1.807, 2.05) is 0 Å². The number of hydrogen-bond acceptors (Lipinski definition) is 5. The minimum atomic E-state index is 0.288. The SMILES string of the molecule is CCc1nsc(N2CCC(CO)C2)n1. The minimum Gasteiger partial charge on any atom is -0.396 e. The number of hydrogen-bond donors (Lipinski definition) is 1. The van der Waals surface area contributed by atoms with Gasteiger partial charge in [-0.15, -0.1) is 0 Å². The van der Waals surface area contributed by atoms with E-state index in [0.717, 1.165) is 36.9 Å². The molecule has 4 nitrogen and oxygen atoms in total. The summed E-state index contributed by atoms with van der Waals surface area (Å²) < 4.78 is 4.26. The van der Waals surface area contributed by atoms with Crippen LogP contribution in [-0.4, -0.2) is 34.2 Å². The van der Waals surface area contributed by atoms with Gasteiger partial charge in [-0.05, 0) is 6.42 Å². The van der Waals surface area contributed by atoms with Crippen molar-refractivity contribution in [2.45, 2.75) is 19.8 Å². The lowest BCUT2D eigenvalue weighted by atomic mass is 10.1. The maximum atomic E-state index is 9.02. The molecule has 14 heavy (non-hydrogen) atoms. The molecule has 2 heterocycles. The molecule has 0 aliphatic carbocycles. The van der Waals surface area contributed by atoms with Gasteiger partial charge in [-0.1, -0.05) is 6.92 Å². The fourth-order valence-electron chi connectivity index (χ4n) is 1.67. The highest BCUT2D eigenvalue weighted by molar-refractivity contribution is 7.09. The number of aliphatic hydroxyl groups excluding tert-OH is 1. The first-order chi connectivity index (χ1) is 6.83. The fourth-order valence-corrected chi connectivity index (χ4v) is 2.46. The molecule has 2 rings (SSSR count). The largest absolute Gasteiger partial charge is 0.396 e. The van der Waals surface area contributed by atoms with Gasteiger partial charge in [0.05, 0.1) is 0 Å². The molecule has 1 unspecified atom stereocenters. The van der Waals surface area contributed by atoms with Crippen LogP contribution in [0.25, 0.3) is 0 Å². The molecule has 78 valence electrons. The van der Waals surface area contributed by atoms with Gasteiger partial charge in [0.15, 0.2) is 0 Å². The molecule has 1 saturated heterocycles. The van der Waals surface area contributed by atoms with E-state index >= 15 is 0 Å². The summed E-state index contributed by atoms with van der Waals surface area (Å²) in [7, 11) is 0. The summed E-state index contributed by atoms with van der Waals surface area (Å²) in [6.07, 6.45) is 1.96. The molecule has 1 aliphatic heterocycles. The second-order valence-corrected chi connectivity index (χ2v) is 4.36. The number of rotatable bonds is 3. The molecule has 5 heteroatoms. The minimum absolute atomic E-state index is 0.288. The molecular weight excluding hydrogens is 198 g/mol. The van der Waals surface area contributed by atoms with Crippen LogP contribution in [-0.2, 0) is 6.42 Å². The van der Waals surface area contributed by atoms with Crippen molar-refractivity contribution < 1.29 is 5.11 Å². The topological polar surface area (TPSA) is 49.2 Å². The Morgan fingerprint density at radius 2 is 2.50 bits per heavy atom. The van der Waals surface area contributed by atoms with Crippen LogP contribution in [0.3, 0.4) is 0 Å². The van der Waals surface area contributed by atoms with E-state index < -0.39 is 0 Å². The number of aliphatic hydroxyl groups is 1. The fraction of sp³-hybridized carbons (Fsp3) is 0.778. The summed E-state index contributed by atoms with van der Waals surface area (Å²) in [5.74, 6) is 1.35. The summed E-state index contributed by atoms with van der Waals surface area (Å²) >= 11 is 1.47. The van der Waals surface area contributed by atoms with E-state index in [0.29, 0.717) is 5.92 Å². The Morgan fingerprint density at radius 3 is 3.07 bits per heavy atom. The van der Waals surface area contributed by atoms with E-state index in [9.17, 15) is 0 Å². The van der Waals surface area contributed by atoms with Crippen LogP contribution in [0.4, 0.5) is 5.13 Å². The third-order valence-electron chi connectivity index (χ3n) is 2.59. The number of anilines is 1. The second kappa shape index (κ2) is 4.23. The third-order valence-corrected chi connectivity index (χ3v) is 3.40. The summed E-state index contributed by atoms with van der Waals surface area (Å²) in [4.78, 5) is 6.65. The van der Waals surface area contributed by atoms with Crippen LogP contribution in [0.2, 0.25) is 0 Å². The summed E-state index contributed by atoms with van der Waals surface area (Å²) in [6, 6.07) is 0. The van der Waals surface area contributed by atoms with Crippen molar-refractivity contribution in [3.63, 3.8) is 0 Å². The van der Waals surface area contributed by atoms with Gasteiger partial charge in [0.25, 0.3) is 0 Å². The van der Waals surface area contributed by atoms with Crippen LogP contribution in [0, 0.1) is 5.92 Å². The first kappa shape index (κ1) is 9.86. The molecule has 0 bridgehead atoms. The van der Waals surface area contributed by atoms with Crippen molar-refractivity contribution in [2.24, 2.45) is 5.92 Å². The predicted molar refractivity (Wildman–Crippen MR) is 56.7 cm³/mol. The van der Waals surface area contributed by atoms with Gasteiger partial charge < -0.3 is 10.0 Å². The highest BCUT2D eigenvalue weighted by Crippen LogP contribution is 2.24. The van der Waals surface area contributed by atoms with Gasteiger partial charge in [0.2, 0.25) is 5.13 Å². The van der Waals surface area contributed by atoms with Crippen molar-refractivity contribution in [1.29, 1.82) is 0 Å². The Hall–Kier alpha value is -0.680. The lowest BCUT2D eigenvalue weighted by Gasteiger charge is -2.12. The smallest absolute Gasteiger partial charge is 0.205 e. The molecular formula is C9H15N3OS. The second-order valence-electron chi connectivity index (χ2n) is 3.63. The monoisotopic (exact) mass is 213 g/mol. The van der Waals surface area contributed by atoms with Crippen LogP contribution in [0.5, 0.6) is 0 Å². The molecule has 1 aromatic rings. The van der Waals surface area contributed by atoms with E-state index in [2.05, 4.69) is 21.2 Å². The normalized spacial score (nSPS) is 21.9. The van der Waals surface area contributed by atoms with Gasteiger partial charge in [-0.3, -0.25) is 0 Å². The first-order valence-corrected chi connectivity index (χ1v) is 5.79. The van der Waals surface area contributed by atoms with E-state index in [4.69, 9.17) is 5.11 Å². The van der Waals surface area contributed by atoms with Crippen molar-refractivity contribution in [1.82, 2.24) is 9.36 Å². The summed E-state index contributed by atoms with van der Waals surface area (Å²) in [5, 5.41) is 10.0. The van der Waals surface area contributed by atoms with Crippen molar-refractivity contribution >= 4 is 16.7 Å². The molecule has 0 radical (unpaired) electrons. The van der Waals surface area contributed by atoms with E-state index in [1.165, 1.54) is 11.5 Å². The average molecular weight is 213 g/mol. The molecule has 0 spiro atoms. The maximum Gasteiger partial charge on any atom is 0.205 e. The van der Waals surface area contributed by atoms with Gasteiger partial charge >= 0.3 is 0 Å². The zero-order valence-corrected chi connectivity index (χ0v) is 9.13. The van der Waals surface area contributed by atoms with Crippen molar-refractivity contribution in [3.8, 4) is 0 Å².